The van der Waals surface area contributed by atoms with Crippen molar-refractivity contribution in [2.24, 2.45) is 0 Å². The third-order valence-electron chi connectivity index (χ3n) is 4.96. The van der Waals surface area contributed by atoms with Crippen LogP contribution in [0.4, 0.5) is 0 Å². The van der Waals surface area contributed by atoms with Gasteiger partial charge in [-0.1, -0.05) is 26.0 Å². The predicted molar refractivity (Wildman–Crippen MR) is 104 cm³/mol. The van der Waals surface area contributed by atoms with E-state index in [4.69, 9.17) is 0 Å². The molecule has 2 N–H and O–H groups in total. The van der Waals surface area contributed by atoms with Crippen molar-refractivity contribution in [1.82, 2.24) is 14.1 Å². The maximum Gasteiger partial charge on any atom is 0.235 e. The van der Waals surface area contributed by atoms with Crippen LogP contribution in [0, 0.1) is 13.8 Å². The van der Waals surface area contributed by atoms with E-state index >= 15 is 0 Å². The largest absolute Gasteiger partial charge is 0.503 e. The van der Waals surface area contributed by atoms with E-state index in [0.29, 0.717) is 6.54 Å². The highest BCUT2D eigenvalue weighted by molar-refractivity contribution is 5.72. The fraction of sp³-hybridized carbons (Fsp3) is 0.381. The van der Waals surface area contributed by atoms with Gasteiger partial charge < -0.3 is 19.3 Å². The van der Waals surface area contributed by atoms with Crippen molar-refractivity contribution in [3.63, 3.8) is 0 Å². The number of nitrogens with zero attached hydrogens (tertiary/aromatic N) is 3. The Morgan fingerprint density at radius 2 is 1.85 bits per heavy atom. The van der Waals surface area contributed by atoms with Crippen LogP contribution >= 0.6 is 0 Å². The van der Waals surface area contributed by atoms with Crippen LogP contribution in [0.5, 0.6) is 11.6 Å². The second-order valence-corrected chi connectivity index (χ2v) is 7.19. The van der Waals surface area contributed by atoms with Crippen LogP contribution in [0.1, 0.15) is 42.9 Å². The van der Waals surface area contributed by atoms with Crippen molar-refractivity contribution in [2.45, 2.75) is 53.1 Å². The molecule has 0 amide bonds. The van der Waals surface area contributed by atoms with Gasteiger partial charge in [0.25, 0.3) is 0 Å². The van der Waals surface area contributed by atoms with Gasteiger partial charge in [-0.3, -0.25) is 0 Å². The molecule has 1 aromatic carbocycles. The van der Waals surface area contributed by atoms with Crippen LogP contribution < -0.4 is 0 Å². The quantitative estimate of drug-likeness (QED) is 0.681. The fourth-order valence-corrected chi connectivity index (χ4v) is 3.41. The van der Waals surface area contributed by atoms with E-state index in [1.807, 2.05) is 29.2 Å². The Morgan fingerprint density at radius 3 is 2.46 bits per heavy atom. The molecule has 3 rings (SSSR count). The van der Waals surface area contributed by atoms with Gasteiger partial charge in [-0.25, -0.2) is 4.98 Å². The molecule has 0 saturated heterocycles. The fourth-order valence-electron chi connectivity index (χ4n) is 3.41. The zero-order chi connectivity index (χ0) is 18.8. The summed E-state index contributed by atoms with van der Waals surface area (Å²) >= 11 is 0. The van der Waals surface area contributed by atoms with E-state index in [0.717, 1.165) is 29.8 Å². The molecule has 0 bridgehead atoms. The van der Waals surface area contributed by atoms with Gasteiger partial charge in [-0.2, -0.15) is 0 Å². The average Bonchev–Trinajstić information content (AvgIpc) is 3.19. The summed E-state index contributed by atoms with van der Waals surface area (Å²) in [5, 5.41) is 21.1. The van der Waals surface area contributed by atoms with Crippen LogP contribution in [0.25, 0.3) is 11.3 Å². The maximum atomic E-state index is 10.6. The zero-order valence-electron chi connectivity index (χ0n) is 15.9. The number of aryl methyl sites for hydroxylation is 3. The molecular formula is C21H27N3O2. The number of rotatable bonds is 6. The molecule has 0 atom stereocenters. The molecule has 0 aliphatic rings. The van der Waals surface area contributed by atoms with Gasteiger partial charge in [0.1, 0.15) is 0 Å². The molecule has 3 aromatic rings. The van der Waals surface area contributed by atoms with Gasteiger partial charge in [0, 0.05) is 31.0 Å². The molecule has 0 spiro atoms. The lowest BCUT2D eigenvalue weighted by Gasteiger charge is -2.15. The summed E-state index contributed by atoms with van der Waals surface area (Å²) in [5.74, 6) is 0.0517. The zero-order valence-corrected chi connectivity index (χ0v) is 15.9. The Labute approximate surface area is 154 Å². The minimum atomic E-state index is -0.0486. The van der Waals surface area contributed by atoms with Gasteiger partial charge in [0.15, 0.2) is 5.75 Å². The Morgan fingerprint density at radius 1 is 1.08 bits per heavy atom. The van der Waals surface area contributed by atoms with Gasteiger partial charge in [-0.15, -0.1) is 0 Å². The normalized spacial score (nSPS) is 11.4. The number of benzene rings is 1. The summed E-state index contributed by atoms with van der Waals surface area (Å²) < 4.78 is 3.85. The predicted octanol–water partition coefficient (Wildman–Crippen LogP) is 4.59. The molecule has 138 valence electrons. The van der Waals surface area contributed by atoms with Gasteiger partial charge in [0.2, 0.25) is 5.88 Å². The summed E-state index contributed by atoms with van der Waals surface area (Å²) in [4.78, 5) is 4.06. The molecule has 2 aromatic heterocycles. The summed E-state index contributed by atoms with van der Waals surface area (Å²) in [6.45, 7) is 9.67. The summed E-state index contributed by atoms with van der Waals surface area (Å²) in [6.07, 6.45) is 6.30. The van der Waals surface area contributed by atoms with Crippen LogP contribution in [0.3, 0.4) is 0 Å². The topological polar surface area (TPSA) is 63.2 Å². The van der Waals surface area contributed by atoms with Gasteiger partial charge in [-0.05, 0) is 48.9 Å². The number of hydrogen-bond acceptors (Lipinski definition) is 3. The first-order chi connectivity index (χ1) is 12.4. The summed E-state index contributed by atoms with van der Waals surface area (Å²) in [5.41, 5.74) is 5.15. The third kappa shape index (κ3) is 3.34. The van der Waals surface area contributed by atoms with Gasteiger partial charge >= 0.3 is 0 Å². The average molecular weight is 353 g/mol. The van der Waals surface area contributed by atoms with Crippen molar-refractivity contribution in [2.75, 3.05) is 0 Å². The Balaban J connectivity index is 2.01. The number of aromatic nitrogens is 3. The highest BCUT2D eigenvalue weighted by atomic mass is 16.3. The molecule has 0 aliphatic heterocycles. The minimum Gasteiger partial charge on any atom is -0.503 e. The van der Waals surface area contributed by atoms with Gasteiger partial charge in [0.05, 0.1) is 12.0 Å². The van der Waals surface area contributed by atoms with E-state index in [2.05, 4.69) is 37.0 Å². The van der Waals surface area contributed by atoms with Crippen molar-refractivity contribution < 1.29 is 10.2 Å². The summed E-state index contributed by atoms with van der Waals surface area (Å²) in [6, 6.07) is 6.28. The second kappa shape index (κ2) is 7.28. The third-order valence-corrected chi connectivity index (χ3v) is 4.96. The van der Waals surface area contributed by atoms with Crippen LogP contribution in [-0.4, -0.2) is 24.3 Å². The van der Waals surface area contributed by atoms with Crippen molar-refractivity contribution >= 4 is 0 Å². The molecule has 5 nitrogen and oxygen atoms in total. The first kappa shape index (κ1) is 18.1. The lowest BCUT2D eigenvalue weighted by molar-refractivity contribution is 0.366. The molecular weight excluding hydrogens is 326 g/mol. The molecule has 26 heavy (non-hydrogen) atoms. The standard InChI is InChI=1S/C21H27N3O2/c1-14(2)18-19(17-7-6-15(3)16(4)12-17)24(21(26)20(18)25)10-5-9-23-11-8-22-13-23/h6-8,11-14,25-26H,5,9-10H2,1-4H3. The highest BCUT2D eigenvalue weighted by Gasteiger charge is 2.25. The Hall–Kier alpha value is -2.69. The molecule has 0 aliphatic carbocycles. The van der Waals surface area contributed by atoms with E-state index in [1.165, 1.54) is 11.1 Å². The molecule has 5 heteroatoms. The van der Waals surface area contributed by atoms with Crippen molar-refractivity contribution in [3.8, 4) is 22.9 Å². The lowest BCUT2D eigenvalue weighted by Crippen LogP contribution is -2.05. The van der Waals surface area contributed by atoms with E-state index in [9.17, 15) is 10.2 Å². The smallest absolute Gasteiger partial charge is 0.235 e. The second-order valence-electron chi connectivity index (χ2n) is 7.19. The molecule has 0 saturated carbocycles. The van der Waals surface area contributed by atoms with Crippen LogP contribution in [0.2, 0.25) is 0 Å². The number of aromatic hydroxyl groups is 2. The first-order valence-corrected chi connectivity index (χ1v) is 9.07. The van der Waals surface area contributed by atoms with Crippen molar-refractivity contribution in [3.05, 3.63) is 53.6 Å². The highest BCUT2D eigenvalue weighted by Crippen LogP contribution is 2.45. The van der Waals surface area contributed by atoms with E-state index < -0.39 is 0 Å². The van der Waals surface area contributed by atoms with Crippen LogP contribution in [-0.2, 0) is 13.1 Å². The Bertz CT molecular complexity index is 893. The van der Waals surface area contributed by atoms with Crippen LogP contribution in [0.15, 0.2) is 36.9 Å². The minimum absolute atomic E-state index is 0.00383. The van der Waals surface area contributed by atoms with E-state index in [-0.39, 0.29) is 17.5 Å². The lowest BCUT2D eigenvalue weighted by atomic mass is 9.96. The number of hydrogen-bond donors (Lipinski definition) is 2. The maximum absolute atomic E-state index is 10.6. The first-order valence-electron chi connectivity index (χ1n) is 9.07. The van der Waals surface area contributed by atoms with E-state index in [1.54, 1.807) is 12.5 Å². The summed E-state index contributed by atoms with van der Waals surface area (Å²) in [7, 11) is 0. The monoisotopic (exact) mass is 353 g/mol. The Kier molecular flexibility index (Phi) is 5.07. The van der Waals surface area contributed by atoms with Crippen molar-refractivity contribution in [1.29, 1.82) is 0 Å². The molecule has 0 unspecified atom stereocenters. The molecule has 0 radical (unpaired) electrons. The molecule has 2 heterocycles. The molecule has 0 fully saturated rings. The SMILES string of the molecule is Cc1ccc(-c2c(C(C)C)c(O)c(O)n2CCCn2ccnc2)cc1C. The number of imidazole rings is 1.